The average molecular weight is 205 g/mol. The Bertz CT molecular complexity index is 403. The molecule has 0 saturated carbocycles. The van der Waals surface area contributed by atoms with E-state index < -0.39 is 0 Å². The van der Waals surface area contributed by atoms with Gasteiger partial charge in [0.15, 0.2) is 11.5 Å². The number of benzene rings is 1. The van der Waals surface area contributed by atoms with E-state index in [2.05, 4.69) is 5.32 Å². The van der Waals surface area contributed by atoms with Crippen LogP contribution in [0.25, 0.3) is 0 Å². The van der Waals surface area contributed by atoms with Crippen LogP contribution in [0.2, 0.25) is 0 Å². The molecule has 2 atom stereocenters. The van der Waals surface area contributed by atoms with Gasteiger partial charge in [-0.2, -0.15) is 0 Å². The summed E-state index contributed by atoms with van der Waals surface area (Å²) in [4.78, 5) is 0. The summed E-state index contributed by atoms with van der Waals surface area (Å²) in [5.41, 5.74) is 2.19. The second kappa shape index (κ2) is 3.14. The molecule has 0 aromatic heterocycles. The van der Waals surface area contributed by atoms with Crippen LogP contribution in [0.1, 0.15) is 29.9 Å². The van der Waals surface area contributed by atoms with E-state index in [1.165, 1.54) is 5.56 Å². The summed E-state index contributed by atoms with van der Waals surface area (Å²) in [7, 11) is 0. The Labute approximate surface area is 88.7 Å². The molecule has 3 nitrogen and oxygen atoms in total. The Morgan fingerprint density at radius 3 is 2.93 bits per heavy atom. The van der Waals surface area contributed by atoms with Crippen molar-refractivity contribution in [1.29, 1.82) is 0 Å². The molecule has 2 aliphatic rings. The molecular formula is C12H15NO2. The fourth-order valence-electron chi connectivity index (χ4n) is 2.99. The zero-order valence-electron chi connectivity index (χ0n) is 8.53. The van der Waals surface area contributed by atoms with Crippen LogP contribution in [0.3, 0.4) is 0 Å². The first kappa shape index (κ1) is 9.04. The topological polar surface area (TPSA) is 52.5 Å². The molecule has 1 heterocycles. The summed E-state index contributed by atoms with van der Waals surface area (Å²) in [5, 5.41) is 22.7. The van der Waals surface area contributed by atoms with Crippen molar-refractivity contribution in [3.8, 4) is 11.5 Å². The zero-order valence-corrected chi connectivity index (χ0v) is 8.53. The summed E-state index contributed by atoms with van der Waals surface area (Å²) in [5.74, 6) is 0.635. The van der Waals surface area contributed by atoms with Gasteiger partial charge in [-0.05, 0) is 37.4 Å². The predicted molar refractivity (Wildman–Crippen MR) is 57.2 cm³/mol. The maximum Gasteiger partial charge on any atom is 0.160 e. The molecule has 0 amide bonds. The van der Waals surface area contributed by atoms with Crippen LogP contribution >= 0.6 is 0 Å². The summed E-state index contributed by atoms with van der Waals surface area (Å²) in [6.45, 7) is 1.07. The van der Waals surface area contributed by atoms with Gasteiger partial charge in [0.05, 0.1) is 0 Å². The standard InChI is InChI=1S/C12H15NO2/c14-11-4-2-7-8-5-6-13-10(8)3-1-9(7)12(11)15/h2,4,8,10,13-15H,1,3,5-6H2/t8-,10-/m1/s1. The molecule has 3 rings (SSSR count). The Kier molecular flexibility index (Phi) is 1.89. The lowest BCUT2D eigenvalue weighted by molar-refractivity contribution is 0.388. The molecule has 3 heteroatoms. The van der Waals surface area contributed by atoms with Gasteiger partial charge in [-0.3, -0.25) is 0 Å². The van der Waals surface area contributed by atoms with Crippen LogP contribution in [0, 0.1) is 0 Å². The van der Waals surface area contributed by atoms with Gasteiger partial charge in [0, 0.05) is 17.5 Å². The maximum atomic E-state index is 9.79. The number of rotatable bonds is 0. The lowest BCUT2D eigenvalue weighted by atomic mass is 9.79. The van der Waals surface area contributed by atoms with E-state index in [0.717, 1.165) is 31.4 Å². The molecular weight excluding hydrogens is 190 g/mol. The van der Waals surface area contributed by atoms with Crippen LogP contribution in [-0.2, 0) is 6.42 Å². The number of aromatic hydroxyl groups is 2. The van der Waals surface area contributed by atoms with Gasteiger partial charge in [-0.25, -0.2) is 0 Å². The minimum absolute atomic E-state index is 0.0122. The van der Waals surface area contributed by atoms with Crippen molar-refractivity contribution >= 4 is 0 Å². The third-order valence-electron chi connectivity index (χ3n) is 3.75. The van der Waals surface area contributed by atoms with E-state index in [1.807, 2.05) is 6.07 Å². The van der Waals surface area contributed by atoms with Crippen LogP contribution in [0.5, 0.6) is 11.5 Å². The first-order valence-corrected chi connectivity index (χ1v) is 5.54. The van der Waals surface area contributed by atoms with E-state index in [9.17, 15) is 10.2 Å². The molecule has 0 spiro atoms. The Hall–Kier alpha value is -1.22. The fourth-order valence-corrected chi connectivity index (χ4v) is 2.99. The highest BCUT2D eigenvalue weighted by Crippen LogP contribution is 2.43. The van der Waals surface area contributed by atoms with E-state index in [0.29, 0.717) is 12.0 Å². The smallest absolute Gasteiger partial charge is 0.160 e. The third kappa shape index (κ3) is 1.23. The summed E-state index contributed by atoms with van der Waals surface area (Å²) in [6.07, 6.45) is 3.07. The van der Waals surface area contributed by atoms with Crippen molar-refractivity contribution in [2.45, 2.75) is 31.2 Å². The Balaban J connectivity index is 2.11. The van der Waals surface area contributed by atoms with Crippen LogP contribution in [-0.4, -0.2) is 22.8 Å². The van der Waals surface area contributed by atoms with Crippen LogP contribution in [0.4, 0.5) is 0 Å². The van der Waals surface area contributed by atoms with Crippen molar-refractivity contribution in [1.82, 2.24) is 5.32 Å². The Morgan fingerprint density at radius 1 is 1.20 bits per heavy atom. The summed E-state index contributed by atoms with van der Waals surface area (Å²) < 4.78 is 0. The number of hydrogen-bond acceptors (Lipinski definition) is 3. The highest BCUT2D eigenvalue weighted by atomic mass is 16.3. The number of phenols is 2. The molecule has 0 radical (unpaired) electrons. The van der Waals surface area contributed by atoms with Gasteiger partial charge in [0.2, 0.25) is 0 Å². The molecule has 3 N–H and O–H groups in total. The van der Waals surface area contributed by atoms with Crippen molar-refractivity contribution in [3.05, 3.63) is 23.3 Å². The number of fused-ring (bicyclic) bond motifs is 3. The van der Waals surface area contributed by atoms with Crippen LogP contribution < -0.4 is 5.32 Å². The van der Waals surface area contributed by atoms with E-state index in [1.54, 1.807) is 6.07 Å². The second-order valence-electron chi connectivity index (χ2n) is 4.50. The summed E-state index contributed by atoms with van der Waals surface area (Å²) in [6, 6.07) is 4.14. The van der Waals surface area contributed by atoms with Crippen molar-refractivity contribution < 1.29 is 10.2 Å². The first-order chi connectivity index (χ1) is 7.27. The van der Waals surface area contributed by atoms with Gasteiger partial charge in [-0.1, -0.05) is 6.07 Å². The minimum atomic E-state index is 0.0122. The predicted octanol–water partition coefficient (Wildman–Crippen LogP) is 1.49. The van der Waals surface area contributed by atoms with Crippen molar-refractivity contribution in [2.75, 3.05) is 6.54 Å². The quantitative estimate of drug-likeness (QED) is 0.562. The molecule has 1 fully saturated rings. The van der Waals surface area contributed by atoms with Gasteiger partial charge in [0.1, 0.15) is 0 Å². The summed E-state index contributed by atoms with van der Waals surface area (Å²) >= 11 is 0. The van der Waals surface area contributed by atoms with Crippen molar-refractivity contribution in [3.63, 3.8) is 0 Å². The maximum absolute atomic E-state index is 9.79. The monoisotopic (exact) mass is 205 g/mol. The molecule has 1 aliphatic heterocycles. The van der Waals surface area contributed by atoms with Gasteiger partial charge in [-0.15, -0.1) is 0 Å². The van der Waals surface area contributed by atoms with Gasteiger partial charge < -0.3 is 15.5 Å². The molecule has 80 valence electrons. The van der Waals surface area contributed by atoms with Gasteiger partial charge in [0.25, 0.3) is 0 Å². The molecule has 1 aliphatic carbocycles. The molecule has 0 unspecified atom stereocenters. The van der Waals surface area contributed by atoms with E-state index in [-0.39, 0.29) is 11.5 Å². The average Bonchev–Trinajstić information content (AvgIpc) is 2.71. The third-order valence-corrected chi connectivity index (χ3v) is 3.75. The fraction of sp³-hybridized carbons (Fsp3) is 0.500. The zero-order chi connectivity index (χ0) is 10.4. The molecule has 0 bridgehead atoms. The SMILES string of the molecule is Oc1ccc2c(c1O)CC[C@H]1NCC[C@H]21. The first-order valence-electron chi connectivity index (χ1n) is 5.54. The number of nitrogens with one attached hydrogen (secondary N) is 1. The van der Waals surface area contributed by atoms with Gasteiger partial charge >= 0.3 is 0 Å². The highest BCUT2D eigenvalue weighted by molar-refractivity contribution is 5.52. The van der Waals surface area contributed by atoms with E-state index in [4.69, 9.17) is 0 Å². The largest absolute Gasteiger partial charge is 0.504 e. The Morgan fingerprint density at radius 2 is 2.07 bits per heavy atom. The molecule has 1 saturated heterocycles. The van der Waals surface area contributed by atoms with Crippen molar-refractivity contribution in [2.24, 2.45) is 0 Å². The molecule has 1 aromatic rings. The van der Waals surface area contributed by atoms with Crippen LogP contribution in [0.15, 0.2) is 12.1 Å². The molecule has 1 aromatic carbocycles. The molecule has 15 heavy (non-hydrogen) atoms. The lowest BCUT2D eigenvalue weighted by Gasteiger charge is -2.28. The number of phenolic OH excluding ortho intramolecular Hbond substituents is 2. The van der Waals surface area contributed by atoms with E-state index >= 15 is 0 Å². The highest BCUT2D eigenvalue weighted by Gasteiger charge is 2.34. The number of hydrogen-bond donors (Lipinski definition) is 3. The lowest BCUT2D eigenvalue weighted by Crippen LogP contribution is -2.30. The minimum Gasteiger partial charge on any atom is -0.504 e. The second-order valence-corrected chi connectivity index (χ2v) is 4.50. The normalized spacial score (nSPS) is 28.5.